The van der Waals surface area contributed by atoms with Crippen LogP contribution in [-0.2, 0) is 6.54 Å². The van der Waals surface area contributed by atoms with Crippen molar-refractivity contribution in [3.63, 3.8) is 0 Å². The Morgan fingerprint density at radius 2 is 1.88 bits per heavy atom. The third-order valence-electron chi connectivity index (χ3n) is 5.48. The fraction of sp³-hybridized carbons (Fsp3) is 0.381. The first-order valence-electron chi connectivity index (χ1n) is 8.81. The van der Waals surface area contributed by atoms with Gasteiger partial charge in [0.05, 0.1) is 7.11 Å². The molecule has 2 aromatic rings. The molecule has 0 radical (unpaired) electrons. The smallest absolute Gasteiger partial charge is 0.254 e. The summed E-state index contributed by atoms with van der Waals surface area (Å²) in [5, 5.41) is 0. The minimum Gasteiger partial charge on any atom is -0.497 e. The van der Waals surface area contributed by atoms with Crippen molar-refractivity contribution < 1.29 is 9.53 Å². The molecule has 0 unspecified atom stereocenters. The summed E-state index contributed by atoms with van der Waals surface area (Å²) < 4.78 is 5.35. The van der Waals surface area contributed by atoms with Crippen LogP contribution < -0.4 is 4.74 Å². The molecule has 0 bridgehead atoms. The molecule has 1 saturated carbocycles. The Morgan fingerprint density at radius 3 is 2.67 bits per heavy atom. The van der Waals surface area contributed by atoms with Gasteiger partial charge in [-0.2, -0.15) is 0 Å². The Hall–Kier alpha value is -2.29. The standard InChI is InChI=1S/C21H23NO2/c1-24-16-11-12-17-18-9-5-6-10-20(18)22(21(23)19(17)13-16)14-15-7-3-2-4-8-15/h2-4,7-8,11-13,18,20H,5-6,9-10,14H2,1H3/t18-,20+/m0/s1. The lowest BCUT2D eigenvalue weighted by Crippen LogP contribution is -2.48. The summed E-state index contributed by atoms with van der Waals surface area (Å²) in [4.78, 5) is 15.3. The Balaban J connectivity index is 1.74. The SMILES string of the molecule is COc1ccc2c(c1)C(=O)N(Cc1ccccc1)[C@@H]1CCCC[C@@H]21. The summed E-state index contributed by atoms with van der Waals surface area (Å²) in [6.07, 6.45) is 4.74. The van der Waals surface area contributed by atoms with Crippen LogP contribution in [0, 0.1) is 0 Å². The van der Waals surface area contributed by atoms with Crippen LogP contribution in [0.25, 0.3) is 0 Å². The average Bonchev–Trinajstić information content (AvgIpc) is 2.65. The molecule has 1 aliphatic carbocycles. The second-order valence-electron chi connectivity index (χ2n) is 6.83. The van der Waals surface area contributed by atoms with Crippen LogP contribution in [0.2, 0.25) is 0 Å². The van der Waals surface area contributed by atoms with E-state index < -0.39 is 0 Å². The molecule has 0 aromatic heterocycles. The van der Waals surface area contributed by atoms with E-state index in [0.717, 1.165) is 17.7 Å². The van der Waals surface area contributed by atoms with E-state index in [2.05, 4.69) is 23.1 Å². The van der Waals surface area contributed by atoms with E-state index in [1.54, 1.807) is 7.11 Å². The predicted octanol–water partition coefficient (Wildman–Crippen LogP) is 4.38. The van der Waals surface area contributed by atoms with E-state index in [0.29, 0.717) is 18.5 Å². The molecule has 1 aliphatic heterocycles. The first-order valence-corrected chi connectivity index (χ1v) is 8.81. The highest BCUT2D eigenvalue weighted by Crippen LogP contribution is 2.43. The van der Waals surface area contributed by atoms with Crippen LogP contribution >= 0.6 is 0 Å². The summed E-state index contributed by atoms with van der Waals surface area (Å²) >= 11 is 0. The lowest BCUT2D eigenvalue weighted by Gasteiger charge is -2.45. The van der Waals surface area contributed by atoms with E-state index >= 15 is 0 Å². The minimum absolute atomic E-state index is 0.149. The third-order valence-corrected chi connectivity index (χ3v) is 5.48. The first kappa shape index (κ1) is 15.3. The molecule has 0 spiro atoms. The number of ether oxygens (including phenoxy) is 1. The summed E-state index contributed by atoms with van der Waals surface area (Å²) in [6, 6.07) is 16.6. The number of amides is 1. The van der Waals surface area contributed by atoms with Crippen molar-refractivity contribution >= 4 is 5.91 Å². The van der Waals surface area contributed by atoms with Gasteiger partial charge in [-0.05, 0) is 36.1 Å². The van der Waals surface area contributed by atoms with E-state index in [4.69, 9.17) is 4.74 Å². The summed E-state index contributed by atoms with van der Waals surface area (Å²) in [5.74, 6) is 1.37. The zero-order chi connectivity index (χ0) is 16.5. The van der Waals surface area contributed by atoms with Gasteiger partial charge < -0.3 is 9.64 Å². The normalized spacial score (nSPS) is 22.7. The summed E-state index contributed by atoms with van der Waals surface area (Å²) in [7, 11) is 1.65. The van der Waals surface area contributed by atoms with Gasteiger partial charge >= 0.3 is 0 Å². The number of nitrogens with zero attached hydrogens (tertiary/aromatic N) is 1. The Labute approximate surface area is 143 Å². The molecule has 2 aliphatic rings. The second kappa shape index (κ2) is 6.31. The number of carbonyl (C=O) groups excluding carboxylic acids is 1. The highest BCUT2D eigenvalue weighted by atomic mass is 16.5. The quantitative estimate of drug-likeness (QED) is 0.840. The molecule has 0 N–H and O–H groups in total. The highest BCUT2D eigenvalue weighted by Gasteiger charge is 2.40. The first-order chi connectivity index (χ1) is 11.8. The Kier molecular flexibility index (Phi) is 4.01. The van der Waals surface area contributed by atoms with Crippen LogP contribution in [0.5, 0.6) is 5.75 Å². The van der Waals surface area contributed by atoms with Crippen LogP contribution in [0.3, 0.4) is 0 Å². The number of fused-ring (bicyclic) bond motifs is 3. The van der Waals surface area contributed by atoms with E-state index in [-0.39, 0.29) is 5.91 Å². The highest BCUT2D eigenvalue weighted by molar-refractivity contribution is 5.98. The van der Waals surface area contributed by atoms with Crippen molar-refractivity contribution in [2.45, 2.75) is 44.2 Å². The molecule has 124 valence electrons. The van der Waals surface area contributed by atoms with Crippen LogP contribution in [-0.4, -0.2) is 24.0 Å². The van der Waals surface area contributed by atoms with Gasteiger partial charge in [-0.3, -0.25) is 4.79 Å². The van der Waals surface area contributed by atoms with E-state index in [1.165, 1.54) is 30.4 Å². The van der Waals surface area contributed by atoms with Gasteiger partial charge in [0, 0.05) is 24.1 Å². The zero-order valence-corrected chi connectivity index (χ0v) is 14.1. The molecule has 3 heteroatoms. The lowest BCUT2D eigenvalue weighted by molar-refractivity contribution is 0.0533. The molecule has 1 heterocycles. The van der Waals surface area contributed by atoms with Crippen molar-refractivity contribution in [3.05, 3.63) is 65.2 Å². The maximum atomic E-state index is 13.2. The predicted molar refractivity (Wildman–Crippen MR) is 94.3 cm³/mol. The van der Waals surface area contributed by atoms with Crippen molar-refractivity contribution in [3.8, 4) is 5.75 Å². The maximum Gasteiger partial charge on any atom is 0.254 e. The molecule has 2 aromatic carbocycles. The molecule has 0 saturated heterocycles. The number of carbonyl (C=O) groups is 1. The molecule has 2 atom stereocenters. The molecule has 3 nitrogen and oxygen atoms in total. The number of methoxy groups -OCH3 is 1. The van der Waals surface area contributed by atoms with Crippen molar-refractivity contribution in [1.29, 1.82) is 0 Å². The van der Waals surface area contributed by atoms with Crippen molar-refractivity contribution in [2.24, 2.45) is 0 Å². The summed E-state index contributed by atoms with van der Waals surface area (Å²) in [5.41, 5.74) is 3.24. The Bertz CT molecular complexity index is 741. The van der Waals surface area contributed by atoms with Crippen LogP contribution in [0.4, 0.5) is 0 Å². The summed E-state index contributed by atoms with van der Waals surface area (Å²) in [6.45, 7) is 0.692. The molecular weight excluding hydrogens is 298 g/mol. The van der Waals surface area contributed by atoms with Crippen LogP contribution in [0.15, 0.2) is 48.5 Å². The number of benzene rings is 2. The van der Waals surface area contributed by atoms with E-state index in [9.17, 15) is 4.79 Å². The van der Waals surface area contributed by atoms with Crippen molar-refractivity contribution in [1.82, 2.24) is 4.90 Å². The maximum absolute atomic E-state index is 13.2. The monoisotopic (exact) mass is 321 g/mol. The van der Waals surface area contributed by atoms with Gasteiger partial charge in [-0.25, -0.2) is 0 Å². The van der Waals surface area contributed by atoms with Gasteiger partial charge in [0.1, 0.15) is 5.75 Å². The minimum atomic E-state index is 0.149. The van der Waals surface area contributed by atoms with Gasteiger partial charge in [0.2, 0.25) is 0 Å². The molecule has 1 fully saturated rings. The number of hydrogen-bond donors (Lipinski definition) is 0. The van der Waals surface area contributed by atoms with Crippen molar-refractivity contribution in [2.75, 3.05) is 7.11 Å². The molecule has 4 rings (SSSR count). The fourth-order valence-electron chi connectivity index (χ4n) is 4.29. The van der Waals surface area contributed by atoms with Gasteiger partial charge in [-0.1, -0.05) is 49.2 Å². The number of hydrogen-bond acceptors (Lipinski definition) is 2. The number of rotatable bonds is 3. The second-order valence-corrected chi connectivity index (χ2v) is 6.83. The zero-order valence-electron chi connectivity index (χ0n) is 14.1. The Morgan fingerprint density at radius 1 is 1.08 bits per heavy atom. The topological polar surface area (TPSA) is 29.5 Å². The third kappa shape index (κ3) is 2.58. The van der Waals surface area contributed by atoms with E-state index in [1.807, 2.05) is 30.3 Å². The van der Waals surface area contributed by atoms with Crippen LogP contribution in [0.1, 0.15) is 53.1 Å². The molecule has 1 amide bonds. The van der Waals surface area contributed by atoms with Gasteiger partial charge in [0.15, 0.2) is 0 Å². The largest absolute Gasteiger partial charge is 0.497 e. The average molecular weight is 321 g/mol. The molecule has 24 heavy (non-hydrogen) atoms. The van der Waals surface area contributed by atoms with Gasteiger partial charge in [-0.15, -0.1) is 0 Å². The fourth-order valence-corrected chi connectivity index (χ4v) is 4.29. The lowest BCUT2D eigenvalue weighted by atomic mass is 9.74. The van der Waals surface area contributed by atoms with Gasteiger partial charge in [0.25, 0.3) is 5.91 Å². The molecular formula is C21H23NO2.